The molecule has 2 aromatic carbocycles. The molecule has 0 unspecified atom stereocenters. The first-order valence-electron chi connectivity index (χ1n) is 6.76. The Labute approximate surface area is 125 Å². The number of alkyl halides is 3. The fraction of sp³-hybridized carbons (Fsp3) is 0.118. The summed E-state index contributed by atoms with van der Waals surface area (Å²) in [6, 6.07) is 15.0. The van der Waals surface area contributed by atoms with Crippen molar-refractivity contribution in [2.45, 2.75) is 12.7 Å². The van der Waals surface area contributed by atoms with Gasteiger partial charge in [0.05, 0.1) is 17.6 Å². The quantitative estimate of drug-likeness (QED) is 0.690. The van der Waals surface area contributed by atoms with E-state index in [1.54, 1.807) is 18.6 Å². The third-order valence-corrected chi connectivity index (χ3v) is 3.33. The standard InChI is InChI=1S/C17H13F3N2/c18-17(19,20)15-8-4-7-14(9-15)16-11-22(12-21-16)10-13-5-2-1-3-6-13/h1-9,11-12H,10H2. The summed E-state index contributed by atoms with van der Waals surface area (Å²) >= 11 is 0. The van der Waals surface area contributed by atoms with Crippen LogP contribution in [0.15, 0.2) is 67.1 Å². The van der Waals surface area contributed by atoms with Crippen LogP contribution in [0, 0.1) is 0 Å². The lowest BCUT2D eigenvalue weighted by atomic mass is 10.1. The summed E-state index contributed by atoms with van der Waals surface area (Å²) in [4.78, 5) is 4.20. The Morgan fingerprint density at radius 3 is 2.45 bits per heavy atom. The molecule has 0 atom stereocenters. The molecule has 0 aliphatic heterocycles. The van der Waals surface area contributed by atoms with Crippen LogP contribution in [0.3, 0.4) is 0 Å². The van der Waals surface area contributed by atoms with Crippen LogP contribution < -0.4 is 0 Å². The second-order valence-electron chi connectivity index (χ2n) is 5.00. The lowest BCUT2D eigenvalue weighted by Gasteiger charge is -2.07. The van der Waals surface area contributed by atoms with Crippen molar-refractivity contribution in [3.8, 4) is 11.3 Å². The van der Waals surface area contributed by atoms with Crippen molar-refractivity contribution in [2.24, 2.45) is 0 Å². The van der Waals surface area contributed by atoms with E-state index in [1.165, 1.54) is 6.07 Å². The van der Waals surface area contributed by atoms with Crippen molar-refractivity contribution < 1.29 is 13.2 Å². The molecule has 0 radical (unpaired) electrons. The number of hydrogen-bond donors (Lipinski definition) is 0. The predicted octanol–water partition coefficient (Wildman–Crippen LogP) is 4.62. The molecule has 1 aromatic heterocycles. The number of benzene rings is 2. The fourth-order valence-electron chi connectivity index (χ4n) is 2.24. The van der Waals surface area contributed by atoms with Crippen LogP contribution >= 0.6 is 0 Å². The molecule has 0 aliphatic carbocycles. The van der Waals surface area contributed by atoms with E-state index in [4.69, 9.17) is 0 Å². The summed E-state index contributed by atoms with van der Waals surface area (Å²) in [5.74, 6) is 0. The van der Waals surface area contributed by atoms with Gasteiger partial charge < -0.3 is 4.57 Å². The molecule has 0 N–H and O–H groups in total. The largest absolute Gasteiger partial charge is 0.416 e. The number of aromatic nitrogens is 2. The van der Waals surface area contributed by atoms with Gasteiger partial charge >= 0.3 is 6.18 Å². The minimum absolute atomic E-state index is 0.460. The van der Waals surface area contributed by atoms with Crippen molar-refractivity contribution >= 4 is 0 Å². The average Bonchev–Trinajstić information content (AvgIpc) is 2.96. The Kier molecular flexibility index (Phi) is 3.71. The molecule has 0 bridgehead atoms. The maximum atomic E-state index is 12.8. The van der Waals surface area contributed by atoms with Gasteiger partial charge in [0.2, 0.25) is 0 Å². The van der Waals surface area contributed by atoms with Gasteiger partial charge in [-0.1, -0.05) is 42.5 Å². The molecule has 3 aromatic rings. The molecule has 3 rings (SSSR count). The van der Waals surface area contributed by atoms with Crippen LogP contribution in [0.2, 0.25) is 0 Å². The van der Waals surface area contributed by atoms with Crippen molar-refractivity contribution in [3.63, 3.8) is 0 Å². The number of hydrogen-bond acceptors (Lipinski definition) is 1. The first kappa shape index (κ1) is 14.4. The first-order chi connectivity index (χ1) is 10.5. The van der Waals surface area contributed by atoms with Crippen LogP contribution in [0.4, 0.5) is 13.2 Å². The predicted molar refractivity (Wildman–Crippen MR) is 78.2 cm³/mol. The molecule has 0 saturated heterocycles. The second kappa shape index (κ2) is 5.67. The van der Waals surface area contributed by atoms with E-state index in [0.29, 0.717) is 17.8 Å². The Morgan fingerprint density at radius 1 is 0.955 bits per heavy atom. The smallest absolute Gasteiger partial charge is 0.332 e. The molecule has 0 saturated carbocycles. The summed E-state index contributed by atoms with van der Waals surface area (Å²) in [5, 5.41) is 0. The van der Waals surface area contributed by atoms with Gasteiger partial charge in [-0.2, -0.15) is 13.2 Å². The highest BCUT2D eigenvalue weighted by atomic mass is 19.4. The van der Waals surface area contributed by atoms with E-state index in [0.717, 1.165) is 17.7 Å². The number of halogens is 3. The third-order valence-electron chi connectivity index (χ3n) is 3.33. The molecule has 2 nitrogen and oxygen atoms in total. The fourth-order valence-corrected chi connectivity index (χ4v) is 2.24. The second-order valence-corrected chi connectivity index (χ2v) is 5.00. The monoisotopic (exact) mass is 302 g/mol. The molecule has 0 fully saturated rings. The molecular weight excluding hydrogens is 289 g/mol. The molecule has 5 heteroatoms. The Balaban J connectivity index is 1.85. The molecule has 0 spiro atoms. The van der Waals surface area contributed by atoms with E-state index >= 15 is 0 Å². The number of nitrogens with zero attached hydrogens (tertiary/aromatic N) is 2. The molecule has 0 amide bonds. The van der Waals surface area contributed by atoms with Gasteiger partial charge in [0.25, 0.3) is 0 Å². The van der Waals surface area contributed by atoms with Gasteiger partial charge in [0.1, 0.15) is 0 Å². The third kappa shape index (κ3) is 3.19. The van der Waals surface area contributed by atoms with Crippen LogP contribution in [-0.4, -0.2) is 9.55 Å². The normalized spacial score (nSPS) is 11.6. The summed E-state index contributed by atoms with van der Waals surface area (Å²) < 4.78 is 40.1. The summed E-state index contributed by atoms with van der Waals surface area (Å²) in [7, 11) is 0. The number of imidazole rings is 1. The van der Waals surface area contributed by atoms with Crippen LogP contribution in [0.25, 0.3) is 11.3 Å². The molecular formula is C17H13F3N2. The lowest BCUT2D eigenvalue weighted by molar-refractivity contribution is -0.137. The van der Waals surface area contributed by atoms with Crippen molar-refractivity contribution in [3.05, 3.63) is 78.2 Å². The highest BCUT2D eigenvalue weighted by Crippen LogP contribution is 2.31. The topological polar surface area (TPSA) is 17.8 Å². The summed E-state index contributed by atoms with van der Waals surface area (Å²) in [6.45, 7) is 0.632. The molecule has 112 valence electrons. The van der Waals surface area contributed by atoms with Gasteiger partial charge in [-0.25, -0.2) is 4.98 Å². The van der Waals surface area contributed by atoms with Gasteiger partial charge in [-0.3, -0.25) is 0 Å². The first-order valence-corrected chi connectivity index (χ1v) is 6.76. The zero-order valence-corrected chi connectivity index (χ0v) is 11.6. The Hall–Kier alpha value is -2.56. The molecule has 22 heavy (non-hydrogen) atoms. The Morgan fingerprint density at radius 2 is 1.73 bits per heavy atom. The SMILES string of the molecule is FC(F)(F)c1cccc(-c2cn(Cc3ccccc3)cn2)c1. The highest BCUT2D eigenvalue weighted by Gasteiger charge is 2.30. The van der Waals surface area contributed by atoms with E-state index < -0.39 is 11.7 Å². The summed E-state index contributed by atoms with van der Waals surface area (Å²) in [6.07, 6.45) is -0.965. The lowest BCUT2D eigenvalue weighted by Crippen LogP contribution is -2.04. The molecule has 0 aliphatic rings. The van der Waals surface area contributed by atoms with Crippen molar-refractivity contribution in [1.82, 2.24) is 9.55 Å². The van der Waals surface area contributed by atoms with E-state index in [9.17, 15) is 13.2 Å². The van der Waals surface area contributed by atoms with Gasteiger partial charge in [0.15, 0.2) is 0 Å². The zero-order chi connectivity index (χ0) is 15.6. The maximum absolute atomic E-state index is 12.8. The van der Waals surface area contributed by atoms with E-state index in [1.807, 2.05) is 34.9 Å². The van der Waals surface area contributed by atoms with Gasteiger partial charge in [-0.05, 0) is 17.7 Å². The zero-order valence-electron chi connectivity index (χ0n) is 11.6. The number of rotatable bonds is 3. The van der Waals surface area contributed by atoms with E-state index in [2.05, 4.69) is 4.98 Å². The maximum Gasteiger partial charge on any atom is 0.416 e. The van der Waals surface area contributed by atoms with Gasteiger partial charge in [0, 0.05) is 18.3 Å². The minimum Gasteiger partial charge on any atom is -0.332 e. The van der Waals surface area contributed by atoms with E-state index in [-0.39, 0.29) is 0 Å². The average molecular weight is 302 g/mol. The van der Waals surface area contributed by atoms with Crippen molar-refractivity contribution in [1.29, 1.82) is 0 Å². The van der Waals surface area contributed by atoms with Crippen LogP contribution in [-0.2, 0) is 12.7 Å². The summed E-state index contributed by atoms with van der Waals surface area (Å²) in [5.41, 5.74) is 1.43. The molecule has 1 heterocycles. The van der Waals surface area contributed by atoms with Crippen LogP contribution in [0.1, 0.15) is 11.1 Å². The van der Waals surface area contributed by atoms with Crippen molar-refractivity contribution in [2.75, 3.05) is 0 Å². The highest BCUT2D eigenvalue weighted by molar-refractivity contribution is 5.59. The minimum atomic E-state index is -4.34. The van der Waals surface area contributed by atoms with Crippen LogP contribution in [0.5, 0.6) is 0 Å². The Bertz CT molecular complexity index is 761. The van der Waals surface area contributed by atoms with Gasteiger partial charge in [-0.15, -0.1) is 0 Å².